The molecule has 0 saturated carbocycles. The Balaban J connectivity index is 1.38. The van der Waals surface area contributed by atoms with Crippen molar-refractivity contribution >= 4 is 22.5 Å². The van der Waals surface area contributed by atoms with E-state index in [-0.39, 0.29) is 5.82 Å². The summed E-state index contributed by atoms with van der Waals surface area (Å²) in [5, 5.41) is 2.05. The van der Waals surface area contributed by atoms with Gasteiger partial charge >= 0.3 is 0 Å². The van der Waals surface area contributed by atoms with Crippen molar-refractivity contribution in [2.45, 2.75) is 25.8 Å². The number of halogens is 2. The first kappa shape index (κ1) is 20.6. The second-order valence-corrected chi connectivity index (χ2v) is 8.28. The Morgan fingerprint density at radius 3 is 2.40 bits per heavy atom. The molecule has 0 N–H and O–H groups in total. The predicted molar refractivity (Wildman–Crippen MR) is 124 cm³/mol. The summed E-state index contributed by atoms with van der Waals surface area (Å²) in [6.45, 7) is 1.99. The molecule has 0 aliphatic heterocycles. The van der Waals surface area contributed by atoms with Crippen LogP contribution in [0.5, 0.6) is 0 Å². The van der Waals surface area contributed by atoms with E-state index in [1.54, 1.807) is 0 Å². The monoisotopic (exact) mass is 420 g/mol. The molecule has 0 unspecified atom stereocenters. The van der Waals surface area contributed by atoms with Gasteiger partial charge in [0.05, 0.1) is 5.52 Å². The third-order valence-electron chi connectivity index (χ3n) is 5.50. The number of fused-ring (bicyclic) bond motifs is 1. The number of unbranched alkanes of at least 4 members (excludes halogenated alkanes) is 1. The summed E-state index contributed by atoms with van der Waals surface area (Å²) in [6.07, 6.45) is 5.50. The van der Waals surface area contributed by atoms with E-state index in [1.807, 2.05) is 24.3 Å². The van der Waals surface area contributed by atoms with Crippen molar-refractivity contribution in [3.05, 3.63) is 101 Å². The molecule has 0 fully saturated rings. The fourth-order valence-electron chi connectivity index (χ4n) is 3.94. The third-order valence-corrected chi connectivity index (χ3v) is 5.75. The number of hydrogen-bond donors (Lipinski definition) is 0. The molecule has 1 aromatic heterocycles. The van der Waals surface area contributed by atoms with Gasteiger partial charge in [-0.15, -0.1) is 0 Å². The molecule has 0 aliphatic rings. The number of hydrogen-bond acceptors (Lipinski definition) is 1. The number of aryl methyl sites for hydroxylation is 1. The Morgan fingerprint density at radius 2 is 1.63 bits per heavy atom. The van der Waals surface area contributed by atoms with E-state index in [1.165, 1.54) is 34.2 Å². The molecule has 0 spiro atoms. The van der Waals surface area contributed by atoms with Crippen LogP contribution in [0.15, 0.2) is 79.0 Å². The second kappa shape index (κ2) is 9.46. The molecule has 0 radical (unpaired) electrons. The van der Waals surface area contributed by atoms with Gasteiger partial charge in [0.15, 0.2) is 0 Å². The molecule has 0 saturated heterocycles. The van der Waals surface area contributed by atoms with Crippen molar-refractivity contribution < 1.29 is 4.39 Å². The maximum absolute atomic E-state index is 13.3. The average molecular weight is 421 g/mol. The molecule has 4 heteroatoms. The SMILES string of the molecule is CN(CCCCc1cn(-c2ccc(F)cc2)c2ccccc12)Cc1ccc(Cl)cc1. The van der Waals surface area contributed by atoms with Crippen molar-refractivity contribution in [3.8, 4) is 5.69 Å². The standard InChI is InChI=1S/C26H26ClFN2/c1-29(18-20-9-11-22(27)12-10-20)17-5-4-6-21-19-30(24-15-13-23(28)14-16-24)26-8-3-2-7-25(21)26/h2-3,7-16,19H,4-6,17-18H2,1H3. The van der Waals surface area contributed by atoms with Crippen LogP contribution >= 0.6 is 11.6 Å². The molecule has 4 rings (SSSR count). The first-order chi connectivity index (χ1) is 14.6. The lowest BCUT2D eigenvalue weighted by Crippen LogP contribution is -2.19. The molecule has 30 heavy (non-hydrogen) atoms. The largest absolute Gasteiger partial charge is 0.316 e. The molecule has 0 atom stereocenters. The smallest absolute Gasteiger partial charge is 0.123 e. The lowest BCUT2D eigenvalue weighted by Gasteiger charge is -2.16. The Kier molecular flexibility index (Phi) is 6.51. The van der Waals surface area contributed by atoms with E-state index >= 15 is 0 Å². The highest BCUT2D eigenvalue weighted by molar-refractivity contribution is 6.30. The summed E-state index contributed by atoms with van der Waals surface area (Å²) in [5.74, 6) is -0.210. The molecule has 3 aromatic carbocycles. The van der Waals surface area contributed by atoms with Gasteiger partial charge in [-0.05, 0) is 86.4 Å². The number of nitrogens with zero attached hydrogens (tertiary/aromatic N) is 2. The topological polar surface area (TPSA) is 8.17 Å². The van der Waals surface area contributed by atoms with E-state index < -0.39 is 0 Å². The zero-order valence-corrected chi connectivity index (χ0v) is 17.9. The van der Waals surface area contributed by atoms with Crippen LogP contribution < -0.4 is 0 Å². The van der Waals surface area contributed by atoms with E-state index in [4.69, 9.17) is 11.6 Å². The molecule has 1 heterocycles. The number of para-hydroxylation sites is 1. The molecule has 0 aliphatic carbocycles. The van der Waals surface area contributed by atoms with Crippen LogP contribution in [0.4, 0.5) is 4.39 Å². The highest BCUT2D eigenvalue weighted by Gasteiger charge is 2.10. The summed E-state index contributed by atoms with van der Waals surface area (Å²) in [7, 11) is 2.16. The van der Waals surface area contributed by atoms with Gasteiger partial charge in [0, 0.05) is 28.8 Å². The van der Waals surface area contributed by atoms with Gasteiger partial charge in [0.1, 0.15) is 5.82 Å². The minimum Gasteiger partial charge on any atom is -0.316 e. The minimum absolute atomic E-state index is 0.210. The Morgan fingerprint density at radius 1 is 0.900 bits per heavy atom. The summed E-state index contributed by atoms with van der Waals surface area (Å²) in [4.78, 5) is 2.35. The molecule has 4 aromatic rings. The zero-order chi connectivity index (χ0) is 20.9. The summed E-state index contributed by atoms with van der Waals surface area (Å²) in [6, 6.07) is 23.2. The van der Waals surface area contributed by atoms with Gasteiger partial charge in [-0.1, -0.05) is 41.9 Å². The van der Waals surface area contributed by atoms with Crippen LogP contribution in [0.2, 0.25) is 5.02 Å². The Hall–Kier alpha value is -2.62. The normalized spacial score (nSPS) is 11.5. The van der Waals surface area contributed by atoms with Crippen LogP contribution in [-0.2, 0) is 13.0 Å². The van der Waals surface area contributed by atoms with Gasteiger partial charge in [-0.3, -0.25) is 0 Å². The lowest BCUT2D eigenvalue weighted by molar-refractivity contribution is 0.319. The highest BCUT2D eigenvalue weighted by Crippen LogP contribution is 2.26. The molecule has 0 bridgehead atoms. The van der Waals surface area contributed by atoms with E-state index in [2.05, 4.69) is 59.1 Å². The maximum Gasteiger partial charge on any atom is 0.123 e. The first-order valence-corrected chi connectivity index (χ1v) is 10.8. The van der Waals surface area contributed by atoms with Gasteiger partial charge in [0.25, 0.3) is 0 Å². The van der Waals surface area contributed by atoms with Crippen molar-refractivity contribution in [1.29, 1.82) is 0 Å². The van der Waals surface area contributed by atoms with Crippen LogP contribution in [0.1, 0.15) is 24.0 Å². The van der Waals surface area contributed by atoms with Gasteiger partial charge in [-0.2, -0.15) is 0 Å². The fraction of sp³-hybridized carbons (Fsp3) is 0.231. The molecular weight excluding hydrogens is 395 g/mol. The molecule has 154 valence electrons. The third kappa shape index (κ3) is 4.92. The van der Waals surface area contributed by atoms with E-state index in [0.717, 1.165) is 43.1 Å². The zero-order valence-electron chi connectivity index (χ0n) is 17.2. The van der Waals surface area contributed by atoms with Crippen molar-refractivity contribution in [2.24, 2.45) is 0 Å². The lowest BCUT2D eigenvalue weighted by atomic mass is 10.1. The van der Waals surface area contributed by atoms with Crippen molar-refractivity contribution in [3.63, 3.8) is 0 Å². The minimum atomic E-state index is -0.210. The Bertz CT molecular complexity index is 1100. The first-order valence-electron chi connectivity index (χ1n) is 10.4. The van der Waals surface area contributed by atoms with Crippen molar-refractivity contribution in [1.82, 2.24) is 9.47 Å². The number of rotatable bonds is 8. The van der Waals surface area contributed by atoms with E-state index in [9.17, 15) is 4.39 Å². The van der Waals surface area contributed by atoms with Crippen LogP contribution in [0, 0.1) is 5.82 Å². The van der Waals surface area contributed by atoms with Crippen LogP contribution in [0.25, 0.3) is 16.6 Å². The number of aromatic nitrogens is 1. The fourth-order valence-corrected chi connectivity index (χ4v) is 4.07. The van der Waals surface area contributed by atoms with Crippen LogP contribution in [-0.4, -0.2) is 23.1 Å². The molecular formula is C26H26ClFN2. The second-order valence-electron chi connectivity index (χ2n) is 7.84. The summed E-state index contributed by atoms with van der Waals surface area (Å²) >= 11 is 5.97. The Labute approximate surface area is 182 Å². The predicted octanol–water partition coefficient (Wildman–Crippen LogP) is 6.88. The van der Waals surface area contributed by atoms with Crippen LogP contribution in [0.3, 0.4) is 0 Å². The van der Waals surface area contributed by atoms with Gasteiger partial charge in [-0.25, -0.2) is 4.39 Å². The van der Waals surface area contributed by atoms with E-state index in [0.29, 0.717) is 0 Å². The maximum atomic E-state index is 13.3. The van der Waals surface area contributed by atoms with Crippen molar-refractivity contribution in [2.75, 3.05) is 13.6 Å². The summed E-state index contributed by atoms with van der Waals surface area (Å²) in [5.41, 5.74) is 4.78. The number of benzene rings is 3. The highest BCUT2D eigenvalue weighted by atomic mass is 35.5. The van der Waals surface area contributed by atoms with Gasteiger partial charge < -0.3 is 9.47 Å². The molecule has 2 nitrogen and oxygen atoms in total. The quantitative estimate of drug-likeness (QED) is 0.282. The average Bonchev–Trinajstić information content (AvgIpc) is 3.12. The summed E-state index contributed by atoms with van der Waals surface area (Å²) < 4.78 is 15.5. The van der Waals surface area contributed by atoms with Gasteiger partial charge in [0.2, 0.25) is 0 Å². The molecule has 0 amide bonds.